The van der Waals surface area contributed by atoms with Gasteiger partial charge in [-0.1, -0.05) is 18.2 Å². The molecule has 1 fully saturated rings. The molecule has 1 aliphatic heterocycles. The van der Waals surface area contributed by atoms with Gasteiger partial charge in [-0.25, -0.2) is 0 Å². The lowest BCUT2D eigenvalue weighted by Gasteiger charge is -2.12. The summed E-state index contributed by atoms with van der Waals surface area (Å²) in [6.45, 7) is 3.70. The van der Waals surface area contributed by atoms with Crippen molar-refractivity contribution >= 4 is 40.6 Å². The van der Waals surface area contributed by atoms with Crippen molar-refractivity contribution in [1.29, 1.82) is 0 Å². The van der Waals surface area contributed by atoms with E-state index in [1.807, 2.05) is 19.1 Å². The number of nitrogens with zero attached hydrogens (tertiary/aromatic N) is 1. The number of aromatic hydroxyl groups is 1. The number of phenols is 1. The quantitative estimate of drug-likeness (QED) is 0.701. The number of thioether (sulfide) groups is 1. The Balaban J connectivity index is 1.71. The van der Waals surface area contributed by atoms with Crippen LogP contribution in [0.15, 0.2) is 47.4 Å². The lowest BCUT2D eigenvalue weighted by atomic mass is 10.2. The second-order valence-electron chi connectivity index (χ2n) is 6.35. The molecule has 0 atom stereocenters. The summed E-state index contributed by atoms with van der Waals surface area (Å²) < 4.78 is 5.33. The van der Waals surface area contributed by atoms with E-state index < -0.39 is 17.1 Å². The van der Waals surface area contributed by atoms with Crippen LogP contribution in [0, 0.1) is 6.92 Å². The first kappa shape index (κ1) is 20.5. The number of imide groups is 1. The Bertz CT molecular complexity index is 1000. The van der Waals surface area contributed by atoms with E-state index >= 15 is 0 Å². The number of hydrogen-bond donors (Lipinski definition) is 2. The van der Waals surface area contributed by atoms with Crippen LogP contribution in [0.5, 0.6) is 11.5 Å². The van der Waals surface area contributed by atoms with E-state index in [0.29, 0.717) is 17.9 Å². The molecule has 1 aliphatic rings. The standard InChI is InChI=1S/C21H20N2O5S/c1-3-28-17-10-14(7-8-16(17)24)11-18-20(26)23(21(27)29-18)12-19(25)22-15-6-4-5-13(2)9-15/h4-11,24H,3,12H2,1-2H3,(H,22,25). The van der Waals surface area contributed by atoms with Crippen molar-refractivity contribution in [2.24, 2.45) is 0 Å². The molecular formula is C21H20N2O5S. The van der Waals surface area contributed by atoms with Crippen LogP contribution in [0.2, 0.25) is 0 Å². The minimum Gasteiger partial charge on any atom is -0.504 e. The summed E-state index contributed by atoms with van der Waals surface area (Å²) in [4.78, 5) is 38.2. The average molecular weight is 412 g/mol. The number of benzene rings is 2. The van der Waals surface area contributed by atoms with Crippen LogP contribution >= 0.6 is 11.8 Å². The van der Waals surface area contributed by atoms with Crippen molar-refractivity contribution in [2.45, 2.75) is 13.8 Å². The molecule has 2 aromatic carbocycles. The Morgan fingerprint density at radius 3 is 2.76 bits per heavy atom. The summed E-state index contributed by atoms with van der Waals surface area (Å²) in [5, 5.41) is 12.0. The van der Waals surface area contributed by atoms with Crippen LogP contribution in [-0.2, 0) is 9.59 Å². The van der Waals surface area contributed by atoms with E-state index in [0.717, 1.165) is 22.2 Å². The minimum absolute atomic E-state index is 0.00933. The summed E-state index contributed by atoms with van der Waals surface area (Å²) in [7, 11) is 0. The number of nitrogens with one attached hydrogen (secondary N) is 1. The molecule has 7 nitrogen and oxygen atoms in total. The van der Waals surface area contributed by atoms with Gasteiger partial charge in [-0.05, 0) is 67.1 Å². The van der Waals surface area contributed by atoms with Gasteiger partial charge in [-0.15, -0.1) is 0 Å². The molecule has 0 radical (unpaired) electrons. The highest BCUT2D eigenvalue weighted by atomic mass is 32.2. The van der Waals surface area contributed by atoms with E-state index in [-0.39, 0.29) is 22.9 Å². The van der Waals surface area contributed by atoms with Crippen LogP contribution in [0.1, 0.15) is 18.1 Å². The van der Waals surface area contributed by atoms with Crippen LogP contribution in [-0.4, -0.2) is 40.2 Å². The largest absolute Gasteiger partial charge is 0.504 e. The van der Waals surface area contributed by atoms with Gasteiger partial charge in [-0.2, -0.15) is 0 Å². The molecule has 0 bridgehead atoms. The summed E-state index contributed by atoms with van der Waals surface area (Å²) in [6.07, 6.45) is 1.53. The molecule has 150 valence electrons. The van der Waals surface area contributed by atoms with Crippen molar-refractivity contribution < 1.29 is 24.2 Å². The summed E-state index contributed by atoms with van der Waals surface area (Å²) in [6, 6.07) is 11.9. The van der Waals surface area contributed by atoms with Gasteiger partial charge in [0.25, 0.3) is 11.1 Å². The SMILES string of the molecule is CCOc1cc(C=C2SC(=O)N(CC(=O)Nc3cccc(C)c3)C2=O)ccc1O. The highest BCUT2D eigenvalue weighted by Crippen LogP contribution is 2.34. The molecule has 0 aromatic heterocycles. The van der Waals surface area contributed by atoms with Crippen molar-refractivity contribution in [1.82, 2.24) is 4.90 Å². The highest BCUT2D eigenvalue weighted by Gasteiger charge is 2.36. The Hall–Kier alpha value is -3.26. The van der Waals surface area contributed by atoms with Crippen LogP contribution in [0.3, 0.4) is 0 Å². The molecular weight excluding hydrogens is 392 g/mol. The third-order valence-corrected chi connectivity index (χ3v) is 4.97. The number of ether oxygens (including phenoxy) is 1. The molecule has 2 N–H and O–H groups in total. The lowest BCUT2D eigenvalue weighted by Crippen LogP contribution is -2.36. The predicted octanol–water partition coefficient (Wildman–Crippen LogP) is 3.77. The fourth-order valence-corrected chi connectivity index (χ4v) is 3.58. The van der Waals surface area contributed by atoms with Gasteiger partial charge in [0.2, 0.25) is 5.91 Å². The first-order valence-corrected chi connectivity index (χ1v) is 9.76. The molecule has 0 saturated carbocycles. The normalized spacial score (nSPS) is 15.1. The maximum Gasteiger partial charge on any atom is 0.294 e. The Kier molecular flexibility index (Phi) is 6.23. The lowest BCUT2D eigenvalue weighted by molar-refractivity contribution is -0.127. The second-order valence-corrected chi connectivity index (χ2v) is 7.34. The number of rotatable bonds is 6. The smallest absolute Gasteiger partial charge is 0.294 e. The first-order valence-electron chi connectivity index (χ1n) is 8.95. The number of hydrogen-bond acceptors (Lipinski definition) is 6. The van der Waals surface area contributed by atoms with Crippen LogP contribution in [0.4, 0.5) is 10.5 Å². The van der Waals surface area contributed by atoms with Gasteiger partial charge < -0.3 is 15.2 Å². The molecule has 0 spiro atoms. The van der Waals surface area contributed by atoms with E-state index in [4.69, 9.17) is 4.74 Å². The molecule has 0 unspecified atom stereocenters. The van der Waals surface area contributed by atoms with Gasteiger partial charge in [0.15, 0.2) is 11.5 Å². The third-order valence-electron chi connectivity index (χ3n) is 4.06. The van der Waals surface area contributed by atoms with Crippen molar-refractivity contribution in [3.05, 3.63) is 58.5 Å². The molecule has 0 aliphatic carbocycles. The Morgan fingerprint density at radius 1 is 1.24 bits per heavy atom. The van der Waals surface area contributed by atoms with Gasteiger partial charge in [-0.3, -0.25) is 19.3 Å². The fourth-order valence-electron chi connectivity index (χ4n) is 2.75. The number of carbonyl (C=O) groups is 3. The van der Waals surface area contributed by atoms with E-state index in [1.54, 1.807) is 31.2 Å². The van der Waals surface area contributed by atoms with Crippen LogP contribution in [0.25, 0.3) is 6.08 Å². The summed E-state index contributed by atoms with van der Waals surface area (Å²) in [5.41, 5.74) is 2.18. The maximum absolute atomic E-state index is 12.6. The van der Waals surface area contributed by atoms with Crippen molar-refractivity contribution in [3.63, 3.8) is 0 Å². The maximum atomic E-state index is 12.6. The monoisotopic (exact) mass is 412 g/mol. The number of anilines is 1. The molecule has 2 aromatic rings. The third kappa shape index (κ3) is 4.97. The molecule has 8 heteroatoms. The summed E-state index contributed by atoms with van der Waals surface area (Å²) in [5.74, 6) is -0.712. The van der Waals surface area contributed by atoms with E-state index in [9.17, 15) is 19.5 Å². The Labute approximate surface area is 172 Å². The number of carbonyl (C=O) groups excluding carboxylic acids is 3. The van der Waals surface area contributed by atoms with Crippen molar-refractivity contribution in [2.75, 3.05) is 18.5 Å². The zero-order chi connectivity index (χ0) is 21.0. The molecule has 3 rings (SSSR count). The van der Waals surface area contributed by atoms with Crippen molar-refractivity contribution in [3.8, 4) is 11.5 Å². The fraction of sp³-hybridized carbons (Fsp3) is 0.190. The minimum atomic E-state index is -0.537. The van der Waals surface area contributed by atoms with Crippen LogP contribution < -0.4 is 10.1 Å². The highest BCUT2D eigenvalue weighted by molar-refractivity contribution is 8.18. The van der Waals surface area contributed by atoms with Gasteiger partial charge >= 0.3 is 0 Å². The van der Waals surface area contributed by atoms with E-state index in [2.05, 4.69) is 5.32 Å². The zero-order valence-electron chi connectivity index (χ0n) is 16.0. The Morgan fingerprint density at radius 2 is 2.03 bits per heavy atom. The van der Waals surface area contributed by atoms with Gasteiger partial charge in [0.05, 0.1) is 11.5 Å². The first-order chi connectivity index (χ1) is 13.9. The molecule has 1 heterocycles. The van der Waals surface area contributed by atoms with Gasteiger partial charge in [0, 0.05) is 5.69 Å². The number of aryl methyl sites for hydroxylation is 1. The number of amides is 3. The van der Waals surface area contributed by atoms with E-state index in [1.165, 1.54) is 12.1 Å². The zero-order valence-corrected chi connectivity index (χ0v) is 16.8. The molecule has 29 heavy (non-hydrogen) atoms. The van der Waals surface area contributed by atoms with Gasteiger partial charge in [0.1, 0.15) is 6.54 Å². The topological polar surface area (TPSA) is 95.9 Å². The average Bonchev–Trinajstić information content (AvgIpc) is 2.92. The summed E-state index contributed by atoms with van der Waals surface area (Å²) >= 11 is 0.766. The second kappa shape index (κ2) is 8.83. The predicted molar refractivity (Wildman–Crippen MR) is 112 cm³/mol. The number of phenolic OH excluding ortho intramolecular Hbond substituents is 1. The molecule has 3 amide bonds. The molecule has 1 saturated heterocycles.